The van der Waals surface area contributed by atoms with Gasteiger partial charge in [0.05, 0.1) is 11.8 Å². The number of carbonyl (C=O) groups excluding carboxylic acids is 2. The molecule has 0 aliphatic heterocycles. The average Bonchev–Trinajstić information content (AvgIpc) is 2.89. The highest BCUT2D eigenvalue weighted by molar-refractivity contribution is 6.05. The number of nitro groups is 1. The van der Waals surface area contributed by atoms with Crippen LogP contribution in [0.2, 0.25) is 0 Å². The van der Waals surface area contributed by atoms with Gasteiger partial charge in [0.2, 0.25) is 6.54 Å². The summed E-state index contributed by atoms with van der Waals surface area (Å²) < 4.78 is 0. The van der Waals surface area contributed by atoms with Gasteiger partial charge in [0.1, 0.15) is 11.6 Å². The van der Waals surface area contributed by atoms with Crippen LogP contribution in [0.5, 0.6) is 0 Å². The summed E-state index contributed by atoms with van der Waals surface area (Å²) in [4.78, 5) is 38.1. The molecule has 0 bridgehead atoms. The van der Waals surface area contributed by atoms with E-state index in [0.717, 1.165) is 10.9 Å². The highest BCUT2D eigenvalue weighted by atomic mass is 16.6. The van der Waals surface area contributed by atoms with Gasteiger partial charge in [-0.1, -0.05) is 18.2 Å². The maximum absolute atomic E-state index is 12.2. The molecule has 0 radical (unpaired) electrons. The van der Waals surface area contributed by atoms with E-state index in [1.54, 1.807) is 6.20 Å². The zero-order valence-corrected chi connectivity index (χ0v) is 12.0. The van der Waals surface area contributed by atoms with Gasteiger partial charge in [-0.25, -0.2) is 0 Å². The number of fused-ring (bicyclic) bond motifs is 1. The van der Waals surface area contributed by atoms with Crippen LogP contribution in [0, 0.1) is 16.0 Å². The third-order valence-electron chi connectivity index (χ3n) is 4.31. The lowest BCUT2D eigenvalue weighted by atomic mass is 9.75. The monoisotopic (exact) mass is 300 g/mol. The Morgan fingerprint density at radius 2 is 1.91 bits per heavy atom. The molecule has 1 aliphatic rings. The summed E-state index contributed by atoms with van der Waals surface area (Å²) in [6.45, 7) is -0.413. The van der Waals surface area contributed by atoms with Crippen LogP contribution < -0.4 is 0 Å². The Hall–Kier alpha value is -2.50. The van der Waals surface area contributed by atoms with Crippen LogP contribution in [-0.4, -0.2) is 28.0 Å². The lowest BCUT2D eigenvalue weighted by Crippen LogP contribution is -2.36. The first kappa shape index (κ1) is 14.4. The first-order valence-corrected chi connectivity index (χ1v) is 7.31. The molecule has 114 valence electrons. The second-order valence-corrected chi connectivity index (χ2v) is 5.68. The standard InChI is InChI=1S/C16H16N2O4/c19-14-6-3-7-15(20)16(14)12(9-18(21)22)11-8-17-13-5-2-1-4-10(11)13/h1-2,4-5,8,12,16-17H,3,6-7,9H2/t12-/m0/s1. The molecule has 1 atom stereocenters. The smallest absolute Gasteiger partial charge is 0.211 e. The summed E-state index contributed by atoms with van der Waals surface area (Å²) in [6, 6.07) is 7.42. The minimum absolute atomic E-state index is 0.173. The normalized spacial score (nSPS) is 17.8. The van der Waals surface area contributed by atoms with Crippen LogP contribution in [0.4, 0.5) is 0 Å². The number of nitrogens with zero attached hydrogens (tertiary/aromatic N) is 1. The molecule has 3 rings (SSSR count). The number of rotatable bonds is 4. The Balaban J connectivity index is 2.08. The molecular formula is C16H16N2O4. The van der Waals surface area contributed by atoms with Gasteiger partial charge in [-0.2, -0.15) is 0 Å². The molecule has 1 fully saturated rings. The maximum Gasteiger partial charge on any atom is 0.211 e. The number of hydrogen-bond donors (Lipinski definition) is 1. The van der Waals surface area contributed by atoms with Gasteiger partial charge in [-0.15, -0.1) is 0 Å². The molecule has 0 saturated heterocycles. The van der Waals surface area contributed by atoms with Crippen molar-refractivity contribution in [2.45, 2.75) is 25.2 Å². The number of Topliss-reactive ketones (excluding diaryl/α,β-unsaturated/α-hetero) is 2. The molecule has 1 saturated carbocycles. The third-order valence-corrected chi connectivity index (χ3v) is 4.31. The van der Waals surface area contributed by atoms with Crippen molar-refractivity contribution in [2.24, 2.45) is 5.92 Å². The van der Waals surface area contributed by atoms with Crippen LogP contribution in [-0.2, 0) is 9.59 Å². The maximum atomic E-state index is 12.2. The number of ketones is 2. The predicted molar refractivity (Wildman–Crippen MR) is 80.3 cm³/mol. The molecule has 0 spiro atoms. The van der Waals surface area contributed by atoms with Crippen molar-refractivity contribution in [2.75, 3.05) is 6.54 Å². The van der Waals surface area contributed by atoms with Crippen LogP contribution in [0.3, 0.4) is 0 Å². The second-order valence-electron chi connectivity index (χ2n) is 5.68. The van der Waals surface area contributed by atoms with Gasteiger partial charge in [0.15, 0.2) is 0 Å². The summed E-state index contributed by atoms with van der Waals surface area (Å²) in [5, 5.41) is 11.9. The minimum atomic E-state index is -0.890. The minimum Gasteiger partial charge on any atom is -0.361 e. The Bertz CT molecular complexity index is 733. The van der Waals surface area contributed by atoms with Crippen molar-refractivity contribution in [1.29, 1.82) is 0 Å². The van der Waals surface area contributed by atoms with Crippen molar-refractivity contribution in [3.05, 3.63) is 46.1 Å². The summed E-state index contributed by atoms with van der Waals surface area (Å²) in [6.07, 6.45) is 2.89. The quantitative estimate of drug-likeness (QED) is 0.533. The Morgan fingerprint density at radius 1 is 1.23 bits per heavy atom. The van der Waals surface area contributed by atoms with Crippen LogP contribution in [0.1, 0.15) is 30.7 Å². The predicted octanol–water partition coefficient (Wildman–Crippen LogP) is 2.47. The number of aromatic amines is 1. The first-order chi connectivity index (χ1) is 10.6. The number of benzene rings is 1. The zero-order chi connectivity index (χ0) is 15.7. The van der Waals surface area contributed by atoms with Crippen LogP contribution >= 0.6 is 0 Å². The average molecular weight is 300 g/mol. The van der Waals surface area contributed by atoms with Gasteiger partial charge < -0.3 is 4.98 Å². The van der Waals surface area contributed by atoms with Crippen molar-refractivity contribution in [3.63, 3.8) is 0 Å². The highest BCUT2D eigenvalue weighted by Crippen LogP contribution is 2.35. The fraction of sp³-hybridized carbons (Fsp3) is 0.375. The molecule has 6 nitrogen and oxygen atoms in total. The molecule has 0 amide bonds. The number of H-pyrrole nitrogens is 1. The third kappa shape index (κ3) is 2.52. The topological polar surface area (TPSA) is 93.1 Å². The molecule has 1 aliphatic carbocycles. The molecule has 1 aromatic carbocycles. The molecule has 1 N–H and O–H groups in total. The largest absolute Gasteiger partial charge is 0.361 e. The molecular weight excluding hydrogens is 284 g/mol. The van der Waals surface area contributed by atoms with E-state index in [-0.39, 0.29) is 11.6 Å². The van der Waals surface area contributed by atoms with Crippen LogP contribution in [0.15, 0.2) is 30.5 Å². The van der Waals surface area contributed by atoms with Gasteiger partial charge >= 0.3 is 0 Å². The van der Waals surface area contributed by atoms with E-state index in [1.807, 2.05) is 24.3 Å². The molecule has 1 heterocycles. The number of nitrogens with one attached hydrogen (secondary N) is 1. The van der Waals surface area contributed by atoms with E-state index in [0.29, 0.717) is 24.8 Å². The number of hydrogen-bond acceptors (Lipinski definition) is 4. The Morgan fingerprint density at radius 3 is 2.59 bits per heavy atom. The summed E-state index contributed by atoms with van der Waals surface area (Å²) >= 11 is 0. The zero-order valence-electron chi connectivity index (χ0n) is 12.0. The number of para-hydroxylation sites is 1. The van der Waals surface area contributed by atoms with E-state index in [2.05, 4.69) is 4.98 Å². The van der Waals surface area contributed by atoms with Crippen molar-refractivity contribution in [1.82, 2.24) is 4.98 Å². The Labute approximate surface area is 126 Å². The highest BCUT2D eigenvalue weighted by Gasteiger charge is 2.40. The van der Waals surface area contributed by atoms with E-state index < -0.39 is 23.3 Å². The van der Waals surface area contributed by atoms with E-state index in [4.69, 9.17) is 0 Å². The van der Waals surface area contributed by atoms with Gasteiger partial charge in [-0.3, -0.25) is 19.7 Å². The number of carbonyl (C=O) groups is 2. The van der Waals surface area contributed by atoms with Gasteiger partial charge in [-0.05, 0) is 18.1 Å². The van der Waals surface area contributed by atoms with Crippen molar-refractivity contribution >= 4 is 22.5 Å². The van der Waals surface area contributed by atoms with E-state index in [1.165, 1.54) is 0 Å². The summed E-state index contributed by atoms with van der Waals surface area (Å²) in [5.74, 6) is -1.94. The molecule has 6 heteroatoms. The van der Waals surface area contributed by atoms with Crippen molar-refractivity contribution in [3.8, 4) is 0 Å². The lowest BCUT2D eigenvalue weighted by molar-refractivity contribution is -0.484. The molecule has 0 unspecified atom stereocenters. The van der Waals surface area contributed by atoms with E-state index >= 15 is 0 Å². The summed E-state index contributed by atoms with van der Waals surface area (Å²) in [7, 11) is 0. The van der Waals surface area contributed by atoms with Crippen molar-refractivity contribution < 1.29 is 14.5 Å². The molecule has 2 aromatic rings. The lowest BCUT2D eigenvalue weighted by Gasteiger charge is -2.25. The second kappa shape index (κ2) is 5.71. The van der Waals surface area contributed by atoms with Crippen LogP contribution in [0.25, 0.3) is 10.9 Å². The fourth-order valence-electron chi connectivity index (χ4n) is 3.32. The van der Waals surface area contributed by atoms with Gasteiger partial charge in [0.25, 0.3) is 0 Å². The SMILES string of the molecule is O=C1CCCC(=O)C1[C@@H](C[N+](=O)[O-])c1c[nH]c2ccccc12. The number of aromatic nitrogens is 1. The van der Waals surface area contributed by atoms with E-state index in [9.17, 15) is 19.7 Å². The van der Waals surface area contributed by atoms with Gasteiger partial charge in [0, 0.05) is 34.9 Å². The molecule has 1 aromatic heterocycles. The fourth-order valence-corrected chi connectivity index (χ4v) is 3.32. The molecule has 22 heavy (non-hydrogen) atoms. The first-order valence-electron chi connectivity index (χ1n) is 7.31. The summed E-state index contributed by atoms with van der Waals surface area (Å²) in [5.41, 5.74) is 1.53. The Kier molecular flexibility index (Phi) is 3.75.